The first-order valence-electron chi connectivity index (χ1n) is 7.44. The molecule has 21 heavy (non-hydrogen) atoms. The number of aliphatic hydroxyl groups excluding tert-OH is 1. The lowest BCUT2D eigenvalue weighted by Crippen LogP contribution is -2.39. The van der Waals surface area contributed by atoms with Crippen molar-refractivity contribution >= 4 is 10.0 Å². The van der Waals surface area contributed by atoms with Crippen molar-refractivity contribution in [2.45, 2.75) is 43.7 Å². The summed E-state index contributed by atoms with van der Waals surface area (Å²) in [6.45, 7) is 5.42. The fourth-order valence-electron chi connectivity index (χ4n) is 2.48. The number of piperidine rings is 1. The Morgan fingerprint density at radius 2 is 2.33 bits per heavy atom. The molecule has 0 bridgehead atoms. The molecule has 1 aliphatic rings. The second kappa shape index (κ2) is 7.35. The van der Waals surface area contributed by atoms with Gasteiger partial charge in [-0.25, -0.2) is 13.1 Å². The first-order valence-corrected chi connectivity index (χ1v) is 8.92. The van der Waals surface area contributed by atoms with E-state index in [4.69, 9.17) is 0 Å². The third-order valence-corrected chi connectivity index (χ3v) is 5.08. The number of nitrogens with zero attached hydrogens (tertiary/aromatic N) is 3. The molecule has 0 unspecified atom stereocenters. The largest absolute Gasteiger partial charge is 0.392 e. The van der Waals surface area contributed by atoms with E-state index in [0.29, 0.717) is 19.6 Å². The van der Waals surface area contributed by atoms with Crippen LogP contribution in [0.1, 0.15) is 26.2 Å². The van der Waals surface area contributed by atoms with E-state index in [1.54, 1.807) is 4.68 Å². The van der Waals surface area contributed by atoms with Crippen LogP contribution in [-0.4, -0.2) is 60.5 Å². The molecule has 2 heterocycles. The zero-order valence-corrected chi connectivity index (χ0v) is 13.2. The van der Waals surface area contributed by atoms with Gasteiger partial charge in [-0.1, -0.05) is 0 Å². The van der Waals surface area contributed by atoms with Gasteiger partial charge in [-0.2, -0.15) is 5.10 Å². The van der Waals surface area contributed by atoms with Crippen LogP contribution in [0.2, 0.25) is 0 Å². The van der Waals surface area contributed by atoms with Crippen molar-refractivity contribution < 1.29 is 13.5 Å². The van der Waals surface area contributed by atoms with E-state index in [1.807, 2.05) is 6.92 Å². The predicted octanol–water partition coefficient (Wildman–Crippen LogP) is 0.0281. The van der Waals surface area contributed by atoms with Crippen LogP contribution in [0.25, 0.3) is 0 Å². The number of rotatable bonds is 7. The monoisotopic (exact) mass is 316 g/mol. The second-order valence-electron chi connectivity index (χ2n) is 5.38. The number of hydrogen-bond acceptors (Lipinski definition) is 5. The van der Waals surface area contributed by atoms with Gasteiger partial charge in [0, 0.05) is 25.8 Å². The van der Waals surface area contributed by atoms with E-state index in [9.17, 15) is 13.5 Å². The smallest absolute Gasteiger partial charge is 0.243 e. The summed E-state index contributed by atoms with van der Waals surface area (Å²) in [4.78, 5) is 2.38. The Morgan fingerprint density at radius 3 is 3.00 bits per heavy atom. The molecule has 1 aliphatic heterocycles. The Balaban J connectivity index is 1.74. The molecule has 2 rings (SSSR count). The van der Waals surface area contributed by atoms with Crippen molar-refractivity contribution in [3.8, 4) is 0 Å². The van der Waals surface area contributed by atoms with Gasteiger partial charge in [0.2, 0.25) is 10.0 Å². The number of nitrogens with one attached hydrogen (secondary N) is 1. The topological polar surface area (TPSA) is 87.5 Å². The van der Waals surface area contributed by atoms with E-state index < -0.39 is 10.0 Å². The van der Waals surface area contributed by atoms with E-state index in [0.717, 1.165) is 32.4 Å². The van der Waals surface area contributed by atoms with Gasteiger partial charge in [-0.3, -0.25) is 4.68 Å². The molecule has 1 fully saturated rings. The molecule has 1 aromatic rings. The number of aromatic nitrogens is 2. The van der Waals surface area contributed by atoms with Crippen molar-refractivity contribution in [3.63, 3.8) is 0 Å². The molecule has 1 atom stereocenters. The lowest BCUT2D eigenvalue weighted by atomic mass is 10.1. The highest BCUT2D eigenvalue weighted by atomic mass is 32.2. The van der Waals surface area contributed by atoms with Crippen LogP contribution in [0.15, 0.2) is 17.3 Å². The normalized spacial score (nSPS) is 20.8. The Bertz CT molecular complexity index is 543. The third kappa shape index (κ3) is 4.77. The molecule has 2 N–H and O–H groups in total. The van der Waals surface area contributed by atoms with Crippen LogP contribution < -0.4 is 4.72 Å². The fraction of sp³-hybridized carbons (Fsp3) is 0.769. The Morgan fingerprint density at radius 1 is 1.52 bits per heavy atom. The van der Waals surface area contributed by atoms with Gasteiger partial charge in [0.05, 0.1) is 12.3 Å². The number of aryl methyl sites for hydroxylation is 1. The highest BCUT2D eigenvalue weighted by Crippen LogP contribution is 2.10. The van der Waals surface area contributed by atoms with Gasteiger partial charge >= 0.3 is 0 Å². The molecule has 0 saturated carbocycles. The van der Waals surface area contributed by atoms with E-state index >= 15 is 0 Å². The van der Waals surface area contributed by atoms with Crippen molar-refractivity contribution in [2.24, 2.45) is 0 Å². The van der Waals surface area contributed by atoms with E-state index in [2.05, 4.69) is 14.7 Å². The molecule has 0 aromatic carbocycles. The molecule has 0 radical (unpaired) electrons. The summed E-state index contributed by atoms with van der Waals surface area (Å²) >= 11 is 0. The summed E-state index contributed by atoms with van der Waals surface area (Å²) in [5.41, 5.74) is 0. The number of sulfonamides is 1. The molecule has 120 valence electrons. The SMILES string of the molecule is CCn1cc(S(=O)(=O)NCCCN2CCC[C@H](O)C2)cn1. The highest BCUT2D eigenvalue weighted by Gasteiger charge is 2.18. The average molecular weight is 316 g/mol. The summed E-state index contributed by atoms with van der Waals surface area (Å²) < 4.78 is 28.3. The van der Waals surface area contributed by atoms with E-state index in [-0.39, 0.29) is 11.0 Å². The minimum Gasteiger partial charge on any atom is -0.392 e. The maximum atomic E-state index is 12.0. The number of hydrogen-bond donors (Lipinski definition) is 2. The highest BCUT2D eigenvalue weighted by molar-refractivity contribution is 7.89. The van der Waals surface area contributed by atoms with Crippen molar-refractivity contribution in [3.05, 3.63) is 12.4 Å². The van der Waals surface area contributed by atoms with Crippen molar-refractivity contribution in [1.82, 2.24) is 19.4 Å². The lowest BCUT2D eigenvalue weighted by molar-refractivity contribution is 0.0704. The van der Waals surface area contributed by atoms with Gasteiger partial charge in [0.15, 0.2) is 0 Å². The average Bonchev–Trinajstić information content (AvgIpc) is 2.93. The molecule has 8 heteroatoms. The summed E-state index contributed by atoms with van der Waals surface area (Å²) in [7, 11) is -3.46. The Hall–Kier alpha value is -0.960. The quantitative estimate of drug-likeness (QED) is 0.693. The van der Waals surface area contributed by atoms with E-state index in [1.165, 1.54) is 12.4 Å². The third-order valence-electron chi connectivity index (χ3n) is 3.67. The minimum absolute atomic E-state index is 0.206. The van der Waals surface area contributed by atoms with Crippen LogP contribution in [0.3, 0.4) is 0 Å². The number of likely N-dealkylation sites (tertiary alicyclic amines) is 1. The van der Waals surface area contributed by atoms with Gasteiger partial charge in [-0.05, 0) is 39.3 Å². The van der Waals surface area contributed by atoms with Crippen LogP contribution in [-0.2, 0) is 16.6 Å². The van der Waals surface area contributed by atoms with Gasteiger partial charge in [-0.15, -0.1) is 0 Å². The Kier molecular flexibility index (Phi) is 5.74. The standard InChI is InChI=1S/C13H24N4O3S/c1-2-17-11-13(9-14-17)21(19,20)15-6-4-8-16-7-3-5-12(18)10-16/h9,11-12,15,18H,2-8,10H2,1H3/t12-/m0/s1. The van der Waals surface area contributed by atoms with Crippen LogP contribution in [0, 0.1) is 0 Å². The molecule has 0 aliphatic carbocycles. The van der Waals surface area contributed by atoms with Crippen LogP contribution in [0.4, 0.5) is 0 Å². The zero-order chi connectivity index (χ0) is 15.3. The maximum absolute atomic E-state index is 12.0. The second-order valence-corrected chi connectivity index (χ2v) is 7.15. The fourth-order valence-corrected chi connectivity index (χ4v) is 3.51. The molecule has 0 amide bonds. The number of aliphatic hydroxyl groups is 1. The summed E-state index contributed by atoms with van der Waals surface area (Å²) in [5, 5.41) is 13.5. The van der Waals surface area contributed by atoms with Crippen LogP contribution in [0.5, 0.6) is 0 Å². The zero-order valence-electron chi connectivity index (χ0n) is 12.4. The molecule has 0 spiro atoms. The van der Waals surface area contributed by atoms with Crippen LogP contribution >= 0.6 is 0 Å². The summed E-state index contributed by atoms with van der Waals surface area (Å²) in [6.07, 6.45) is 5.26. The Labute approximate surface area is 126 Å². The molecular formula is C13H24N4O3S. The maximum Gasteiger partial charge on any atom is 0.243 e. The predicted molar refractivity (Wildman–Crippen MR) is 79.4 cm³/mol. The molecular weight excluding hydrogens is 292 g/mol. The first-order chi connectivity index (χ1) is 10.0. The summed E-state index contributed by atoms with van der Waals surface area (Å²) in [5.74, 6) is 0. The first kappa shape index (κ1) is 16.4. The summed E-state index contributed by atoms with van der Waals surface area (Å²) in [6, 6.07) is 0. The van der Waals surface area contributed by atoms with Gasteiger partial charge < -0.3 is 10.0 Å². The molecule has 1 aromatic heterocycles. The van der Waals surface area contributed by atoms with Crippen molar-refractivity contribution in [1.29, 1.82) is 0 Å². The molecule has 1 saturated heterocycles. The van der Waals surface area contributed by atoms with Gasteiger partial charge in [0.25, 0.3) is 0 Å². The minimum atomic E-state index is -3.46. The number of β-amino-alcohol motifs (C(OH)–C–C–N with tert-alkyl or cyclic N) is 1. The van der Waals surface area contributed by atoms with Gasteiger partial charge in [0.1, 0.15) is 4.90 Å². The molecule has 7 nitrogen and oxygen atoms in total. The van der Waals surface area contributed by atoms with Crippen molar-refractivity contribution in [2.75, 3.05) is 26.2 Å². The lowest BCUT2D eigenvalue weighted by Gasteiger charge is -2.29.